The molecular formula is C17H16O8. The second-order valence-electron chi connectivity index (χ2n) is 5.16. The van der Waals surface area contributed by atoms with E-state index >= 15 is 0 Å². The molecule has 0 unspecified atom stereocenters. The summed E-state index contributed by atoms with van der Waals surface area (Å²) in [5, 5.41) is 36.2. The fraction of sp³-hybridized carbons (Fsp3) is 0.0588. The number of hydrogen-bond donors (Lipinski definition) is 4. The van der Waals surface area contributed by atoms with Gasteiger partial charge in [0.25, 0.3) is 0 Å². The Hall–Kier alpha value is -3.68. The molecule has 0 radical (unpaired) electrons. The van der Waals surface area contributed by atoms with E-state index in [4.69, 9.17) is 20.4 Å². The van der Waals surface area contributed by atoms with Gasteiger partial charge in [-0.1, -0.05) is 12.1 Å². The van der Waals surface area contributed by atoms with Gasteiger partial charge in [0.1, 0.15) is 0 Å². The molecule has 132 valence electrons. The predicted molar refractivity (Wildman–Crippen MR) is 87.8 cm³/mol. The van der Waals surface area contributed by atoms with Crippen LogP contribution in [0.1, 0.15) is 55.4 Å². The Morgan fingerprint density at radius 2 is 0.920 bits per heavy atom. The van der Waals surface area contributed by atoms with E-state index in [0.717, 1.165) is 12.1 Å². The third-order valence-corrected chi connectivity index (χ3v) is 3.50. The third-order valence-electron chi connectivity index (χ3n) is 3.50. The van der Waals surface area contributed by atoms with E-state index in [1.165, 1.54) is 24.3 Å². The van der Waals surface area contributed by atoms with E-state index in [1.807, 2.05) is 0 Å². The number of benzene rings is 2. The van der Waals surface area contributed by atoms with Crippen molar-refractivity contribution < 1.29 is 42.5 Å². The van der Waals surface area contributed by atoms with E-state index in [2.05, 4.69) is 0 Å². The van der Waals surface area contributed by atoms with Crippen LogP contribution in [0.5, 0.6) is 0 Å². The van der Waals surface area contributed by atoms with Gasteiger partial charge < -0.3 is 20.4 Å². The molecule has 0 aromatic heterocycles. The third kappa shape index (κ3) is 3.81. The quantitative estimate of drug-likeness (QED) is 0.622. The van der Waals surface area contributed by atoms with Crippen LogP contribution in [0.15, 0.2) is 36.4 Å². The zero-order valence-electron chi connectivity index (χ0n) is 12.6. The van der Waals surface area contributed by atoms with Crippen LogP contribution < -0.4 is 0 Å². The minimum absolute atomic E-state index is 0. The Morgan fingerprint density at radius 3 is 1.20 bits per heavy atom. The van der Waals surface area contributed by atoms with E-state index in [0.29, 0.717) is 11.1 Å². The predicted octanol–water partition coefficient (Wildman–Crippen LogP) is 2.56. The van der Waals surface area contributed by atoms with Crippen LogP contribution in [-0.4, -0.2) is 44.3 Å². The van der Waals surface area contributed by atoms with Crippen molar-refractivity contribution in [3.05, 3.63) is 69.8 Å². The first-order chi connectivity index (χ1) is 11.7. The minimum atomic E-state index is -1.40. The Balaban J connectivity index is 0.00000338. The molecule has 0 bridgehead atoms. The average molecular weight is 348 g/mol. The standard InChI is InChI=1S/C17H12O8.2H2/c18-14(19)10-3-1-8(6-12(10)16(22)23)5-9-2-4-11(15(20)21)13(7-9)17(24)25;;/h1-4,6-7H,5H2,(H,18,19)(H,20,21)(H,22,23)(H,24,25);2*1H. The molecule has 8 nitrogen and oxygen atoms in total. The lowest BCUT2D eigenvalue weighted by atomic mass is 9.96. The summed E-state index contributed by atoms with van der Waals surface area (Å²) in [4.78, 5) is 44.4. The summed E-state index contributed by atoms with van der Waals surface area (Å²) in [6, 6.07) is 7.53. The van der Waals surface area contributed by atoms with Crippen LogP contribution >= 0.6 is 0 Å². The maximum Gasteiger partial charge on any atom is 0.336 e. The van der Waals surface area contributed by atoms with Crippen LogP contribution in [-0.2, 0) is 6.42 Å². The number of aromatic carboxylic acids is 4. The topological polar surface area (TPSA) is 149 Å². The molecule has 0 atom stereocenters. The van der Waals surface area contributed by atoms with Crippen LogP contribution in [0.25, 0.3) is 0 Å². The zero-order valence-corrected chi connectivity index (χ0v) is 12.6. The summed E-state index contributed by atoms with van der Waals surface area (Å²) in [5.74, 6) is -5.54. The average Bonchev–Trinajstić information content (AvgIpc) is 2.54. The first kappa shape index (κ1) is 17.7. The molecule has 0 amide bonds. The molecule has 4 N–H and O–H groups in total. The van der Waals surface area contributed by atoms with E-state index in [-0.39, 0.29) is 31.5 Å². The van der Waals surface area contributed by atoms with E-state index < -0.39 is 23.9 Å². The van der Waals surface area contributed by atoms with Gasteiger partial charge in [-0.2, -0.15) is 0 Å². The fourth-order valence-electron chi connectivity index (χ4n) is 2.37. The molecule has 0 aliphatic carbocycles. The molecule has 2 aromatic rings. The van der Waals surface area contributed by atoms with Crippen molar-refractivity contribution in [2.45, 2.75) is 6.42 Å². The number of hydrogen-bond acceptors (Lipinski definition) is 4. The highest BCUT2D eigenvalue weighted by molar-refractivity contribution is 6.02. The minimum Gasteiger partial charge on any atom is -0.478 e. The summed E-state index contributed by atoms with van der Waals surface area (Å²) in [7, 11) is 0. The lowest BCUT2D eigenvalue weighted by Gasteiger charge is -2.08. The van der Waals surface area contributed by atoms with Crippen molar-refractivity contribution in [2.24, 2.45) is 0 Å². The second-order valence-corrected chi connectivity index (χ2v) is 5.16. The number of rotatable bonds is 6. The molecule has 8 heteroatoms. The molecular weight excluding hydrogens is 332 g/mol. The Kier molecular flexibility index (Phi) is 4.83. The summed E-state index contributed by atoms with van der Waals surface area (Å²) in [6.07, 6.45) is 0.111. The van der Waals surface area contributed by atoms with Crippen molar-refractivity contribution in [3.63, 3.8) is 0 Å². The van der Waals surface area contributed by atoms with Crippen LogP contribution in [0.4, 0.5) is 0 Å². The molecule has 0 spiro atoms. The summed E-state index contributed by atoms with van der Waals surface area (Å²) in [5.41, 5.74) is -0.591. The number of carboxylic acids is 4. The largest absolute Gasteiger partial charge is 0.478 e. The first-order valence-corrected chi connectivity index (χ1v) is 6.89. The molecule has 0 fully saturated rings. The molecule has 25 heavy (non-hydrogen) atoms. The van der Waals surface area contributed by atoms with Gasteiger partial charge in [-0.25, -0.2) is 19.2 Å². The van der Waals surface area contributed by atoms with Gasteiger partial charge in [-0.05, 0) is 41.8 Å². The Bertz CT molecular complexity index is 834. The molecule has 0 heterocycles. The van der Waals surface area contributed by atoms with E-state index in [1.54, 1.807) is 0 Å². The normalized spacial score (nSPS) is 10.2. The number of carbonyl (C=O) groups is 4. The van der Waals surface area contributed by atoms with Crippen LogP contribution in [0.3, 0.4) is 0 Å². The first-order valence-electron chi connectivity index (χ1n) is 6.89. The van der Waals surface area contributed by atoms with Crippen molar-refractivity contribution >= 4 is 23.9 Å². The van der Waals surface area contributed by atoms with Gasteiger partial charge in [-0.3, -0.25) is 0 Å². The Labute approximate surface area is 143 Å². The SMILES string of the molecule is O=C(O)c1ccc(Cc2ccc(C(=O)O)c(C(=O)O)c2)cc1C(=O)O.[HH].[HH]. The molecule has 0 aliphatic rings. The highest BCUT2D eigenvalue weighted by atomic mass is 16.4. The summed E-state index contributed by atoms with van der Waals surface area (Å²) < 4.78 is 0. The van der Waals surface area contributed by atoms with Crippen molar-refractivity contribution in [1.29, 1.82) is 0 Å². The fourth-order valence-corrected chi connectivity index (χ4v) is 2.37. The Morgan fingerprint density at radius 1 is 0.600 bits per heavy atom. The monoisotopic (exact) mass is 348 g/mol. The van der Waals surface area contributed by atoms with Gasteiger partial charge >= 0.3 is 23.9 Å². The summed E-state index contributed by atoms with van der Waals surface area (Å²) in [6.45, 7) is 0. The van der Waals surface area contributed by atoms with Gasteiger partial charge in [0.2, 0.25) is 0 Å². The van der Waals surface area contributed by atoms with Crippen LogP contribution in [0.2, 0.25) is 0 Å². The summed E-state index contributed by atoms with van der Waals surface area (Å²) >= 11 is 0. The number of carboxylic acid groups (broad SMARTS) is 4. The van der Waals surface area contributed by atoms with Gasteiger partial charge in [0.05, 0.1) is 22.3 Å². The molecule has 2 aromatic carbocycles. The lowest BCUT2D eigenvalue weighted by molar-refractivity contribution is 0.0651. The lowest BCUT2D eigenvalue weighted by Crippen LogP contribution is -2.10. The molecule has 2 rings (SSSR count). The van der Waals surface area contributed by atoms with Gasteiger partial charge in [-0.15, -0.1) is 0 Å². The molecule has 0 saturated carbocycles. The van der Waals surface area contributed by atoms with Crippen molar-refractivity contribution in [2.75, 3.05) is 0 Å². The van der Waals surface area contributed by atoms with Crippen molar-refractivity contribution in [1.82, 2.24) is 0 Å². The maximum atomic E-state index is 11.2. The van der Waals surface area contributed by atoms with E-state index in [9.17, 15) is 19.2 Å². The highest BCUT2D eigenvalue weighted by Crippen LogP contribution is 2.19. The van der Waals surface area contributed by atoms with Crippen LogP contribution in [0, 0.1) is 0 Å². The smallest absolute Gasteiger partial charge is 0.336 e. The maximum absolute atomic E-state index is 11.2. The zero-order chi connectivity index (χ0) is 18.7. The van der Waals surface area contributed by atoms with Gasteiger partial charge in [0.15, 0.2) is 0 Å². The highest BCUT2D eigenvalue weighted by Gasteiger charge is 2.18. The van der Waals surface area contributed by atoms with Gasteiger partial charge in [0, 0.05) is 2.85 Å². The molecule has 0 saturated heterocycles. The molecule has 0 aliphatic heterocycles. The van der Waals surface area contributed by atoms with Crippen molar-refractivity contribution in [3.8, 4) is 0 Å². The second kappa shape index (κ2) is 6.83.